The first-order valence-corrected chi connectivity index (χ1v) is 9.49. The maximum atomic E-state index is 12.5. The van der Waals surface area contributed by atoms with E-state index in [0.29, 0.717) is 18.0 Å². The normalized spacial score (nSPS) is 11.4. The predicted octanol–water partition coefficient (Wildman–Crippen LogP) is 2.91. The van der Waals surface area contributed by atoms with E-state index in [9.17, 15) is 13.2 Å². The summed E-state index contributed by atoms with van der Waals surface area (Å²) in [5.74, 6) is 0.234. The minimum Gasteiger partial charge on any atom is -0.494 e. The van der Waals surface area contributed by atoms with Crippen molar-refractivity contribution < 1.29 is 22.8 Å². The first-order valence-electron chi connectivity index (χ1n) is 8.05. The van der Waals surface area contributed by atoms with Crippen LogP contribution in [0.1, 0.15) is 23.7 Å². The highest BCUT2D eigenvalue weighted by Gasteiger charge is 2.22. The fourth-order valence-corrected chi connectivity index (χ4v) is 3.15. The second-order valence-electron chi connectivity index (χ2n) is 5.46. The monoisotopic (exact) mass is 378 g/mol. The molecule has 2 aromatic rings. The zero-order chi connectivity index (χ0) is 19.2. The van der Waals surface area contributed by atoms with E-state index in [1.165, 1.54) is 32.4 Å². The smallest absolute Gasteiger partial charge is 0.264 e. The maximum absolute atomic E-state index is 12.5. The zero-order valence-electron chi connectivity index (χ0n) is 14.9. The molecule has 7 nitrogen and oxygen atoms in total. The largest absolute Gasteiger partial charge is 0.494 e. The van der Waals surface area contributed by atoms with Gasteiger partial charge in [0.25, 0.3) is 15.9 Å². The lowest BCUT2D eigenvalue weighted by Gasteiger charge is -2.14. The Hall–Kier alpha value is -2.42. The van der Waals surface area contributed by atoms with Gasteiger partial charge >= 0.3 is 0 Å². The third-order valence-electron chi connectivity index (χ3n) is 3.55. The molecule has 26 heavy (non-hydrogen) atoms. The van der Waals surface area contributed by atoms with Crippen LogP contribution in [-0.4, -0.2) is 39.6 Å². The van der Waals surface area contributed by atoms with E-state index in [1.807, 2.05) is 6.92 Å². The molecule has 0 aromatic heterocycles. The van der Waals surface area contributed by atoms with Crippen molar-refractivity contribution in [3.63, 3.8) is 0 Å². The van der Waals surface area contributed by atoms with Crippen molar-refractivity contribution in [1.29, 1.82) is 0 Å². The number of ether oxygens (including phenoxy) is 1. The summed E-state index contributed by atoms with van der Waals surface area (Å²) in [4.78, 5) is 17.2. The number of anilines is 1. The molecule has 0 radical (unpaired) electrons. The van der Waals surface area contributed by atoms with E-state index in [-0.39, 0.29) is 10.5 Å². The molecule has 0 spiro atoms. The Morgan fingerprint density at radius 1 is 1.15 bits per heavy atom. The van der Waals surface area contributed by atoms with Crippen LogP contribution in [-0.2, 0) is 14.9 Å². The van der Waals surface area contributed by atoms with Crippen molar-refractivity contribution in [2.45, 2.75) is 18.2 Å². The van der Waals surface area contributed by atoms with Crippen molar-refractivity contribution in [1.82, 2.24) is 4.47 Å². The van der Waals surface area contributed by atoms with Crippen molar-refractivity contribution >= 4 is 21.6 Å². The molecule has 2 rings (SSSR count). The molecular formula is C18H22N2O5S. The molecular weight excluding hydrogens is 356 g/mol. The highest BCUT2D eigenvalue weighted by molar-refractivity contribution is 7.89. The van der Waals surface area contributed by atoms with Gasteiger partial charge in [-0.15, -0.1) is 0 Å². The van der Waals surface area contributed by atoms with Gasteiger partial charge in [0.2, 0.25) is 0 Å². The van der Waals surface area contributed by atoms with Gasteiger partial charge in [0.1, 0.15) is 5.75 Å². The molecule has 2 aromatic carbocycles. The second-order valence-corrected chi connectivity index (χ2v) is 7.39. The Labute approximate surface area is 153 Å². The summed E-state index contributed by atoms with van der Waals surface area (Å²) in [6.07, 6.45) is 0.883. The van der Waals surface area contributed by atoms with Crippen molar-refractivity contribution in [2.24, 2.45) is 0 Å². The number of hydrogen-bond acceptors (Lipinski definition) is 5. The van der Waals surface area contributed by atoms with Crippen LogP contribution < -0.4 is 10.1 Å². The van der Waals surface area contributed by atoms with Gasteiger partial charge in [-0.1, -0.05) is 23.5 Å². The average molecular weight is 378 g/mol. The summed E-state index contributed by atoms with van der Waals surface area (Å²) >= 11 is 0. The van der Waals surface area contributed by atoms with Crippen LogP contribution in [0.3, 0.4) is 0 Å². The molecule has 0 bridgehead atoms. The van der Waals surface area contributed by atoms with E-state index in [2.05, 4.69) is 5.32 Å². The van der Waals surface area contributed by atoms with Gasteiger partial charge < -0.3 is 10.1 Å². The van der Waals surface area contributed by atoms with Crippen LogP contribution in [0.25, 0.3) is 0 Å². The lowest BCUT2D eigenvalue weighted by atomic mass is 10.2. The summed E-state index contributed by atoms with van der Waals surface area (Å²) in [6, 6.07) is 12.8. The number of nitrogens with zero attached hydrogens (tertiary/aromatic N) is 1. The first kappa shape index (κ1) is 19.9. The van der Waals surface area contributed by atoms with Crippen LogP contribution in [0.15, 0.2) is 53.4 Å². The third-order valence-corrected chi connectivity index (χ3v) is 5.23. The SMILES string of the molecule is CCCOc1cccc(NC(=O)c2cccc(S(=O)(=O)N(C)OC)c2)c1. The van der Waals surface area contributed by atoms with Crippen LogP contribution in [0.5, 0.6) is 5.75 Å². The minimum atomic E-state index is -3.82. The minimum absolute atomic E-state index is 0.0328. The van der Waals surface area contributed by atoms with Gasteiger partial charge in [-0.3, -0.25) is 9.63 Å². The fraction of sp³-hybridized carbons (Fsp3) is 0.278. The Balaban J connectivity index is 2.19. The zero-order valence-corrected chi connectivity index (χ0v) is 15.7. The Bertz CT molecular complexity index is 867. The second kappa shape index (κ2) is 8.79. The molecule has 0 fully saturated rings. The number of sulfonamides is 1. The number of rotatable bonds is 8. The topological polar surface area (TPSA) is 84.9 Å². The lowest BCUT2D eigenvalue weighted by molar-refractivity contribution is -0.0258. The first-order chi connectivity index (χ1) is 12.4. The highest BCUT2D eigenvalue weighted by atomic mass is 32.2. The van der Waals surface area contributed by atoms with Gasteiger partial charge in [0, 0.05) is 24.4 Å². The van der Waals surface area contributed by atoms with Gasteiger partial charge in [0.05, 0.1) is 18.6 Å². The van der Waals surface area contributed by atoms with Gasteiger partial charge in [0.15, 0.2) is 0 Å². The summed E-state index contributed by atoms with van der Waals surface area (Å²) in [5.41, 5.74) is 0.779. The molecule has 0 atom stereocenters. The molecule has 0 aliphatic heterocycles. The van der Waals surface area contributed by atoms with Crippen LogP contribution >= 0.6 is 0 Å². The fourth-order valence-electron chi connectivity index (χ4n) is 2.13. The number of hydroxylamine groups is 1. The summed E-state index contributed by atoms with van der Waals surface area (Å²) in [5, 5.41) is 2.74. The third kappa shape index (κ3) is 4.81. The van der Waals surface area contributed by atoms with Crippen LogP contribution in [0.2, 0.25) is 0 Å². The lowest BCUT2D eigenvalue weighted by Crippen LogP contribution is -2.26. The highest BCUT2D eigenvalue weighted by Crippen LogP contribution is 2.20. The van der Waals surface area contributed by atoms with Crippen LogP contribution in [0.4, 0.5) is 5.69 Å². The molecule has 1 N–H and O–H groups in total. The van der Waals surface area contributed by atoms with E-state index in [0.717, 1.165) is 10.9 Å². The van der Waals surface area contributed by atoms with Gasteiger partial charge in [-0.25, -0.2) is 8.42 Å². The van der Waals surface area contributed by atoms with Crippen LogP contribution in [0, 0.1) is 0 Å². The molecule has 1 amide bonds. The number of benzene rings is 2. The summed E-state index contributed by atoms with van der Waals surface area (Å²) in [6.45, 7) is 2.60. The number of amides is 1. The molecule has 0 heterocycles. The molecule has 0 aliphatic rings. The standard InChI is InChI=1S/C18H22N2O5S/c1-4-11-25-16-9-6-8-15(13-16)19-18(21)14-7-5-10-17(12-14)26(22,23)20(2)24-3/h5-10,12-13H,4,11H2,1-3H3,(H,19,21). The quantitative estimate of drug-likeness (QED) is 0.714. The number of carbonyl (C=O) groups excluding carboxylic acids is 1. The van der Waals surface area contributed by atoms with E-state index in [1.54, 1.807) is 30.3 Å². The molecule has 0 unspecified atom stereocenters. The summed E-state index contributed by atoms with van der Waals surface area (Å²) < 4.78 is 30.9. The van der Waals surface area contributed by atoms with Gasteiger partial charge in [-0.2, -0.15) is 0 Å². The number of nitrogens with one attached hydrogen (secondary N) is 1. The van der Waals surface area contributed by atoms with Crippen molar-refractivity contribution in [3.05, 3.63) is 54.1 Å². The number of hydrogen-bond donors (Lipinski definition) is 1. The maximum Gasteiger partial charge on any atom is 0.264 e. The Kier molecular flexibility index (Phi) is 6.73. The van der Waals surface area contributed by atoms with Crippen molar-refractivity contribution in [3.8, 4) is 5.75 Å². The molecule has 0 saturated heterocycles. The average Bonchev–Trinajstić information content (AvgIpc) is 2.66. The summed E-state index contributed by atoms with van der Waals surface area (Å²) in [7, 11) is -1.29. The molecule has 8 heteroatoms. The Morgan fingerprint density at radius 2 is 1.88 bits per heavy atom. The predicted molar refractivity (Wildman–Crippen MR) is 98.6 cm³/mol. The molecule has 140 valence electrons. The van der Waals surface area contributed by atoms with E-state index in [4.69, 9.17) is 9.57 Å². The molecule has 0 aliphatic carbocycles. The molecule has 0 saturated carbocycles. The van der Waals surface area contributed by atoms with E-state index >= 15 is 0 Å². The van der Waals surface area contributed by atoms with Crippen molar-refractivity contribution in [2.75, 3.05) is 26.1 Å². The van der Waals surface area contributed by atoms with E-state index < -0.39 is 15.9 Å². The Morgan fingerprint density at radius 3 is 2.58 bits per heavy atom. The van der Waals surface area contributed by atoms with Gasteiger partial charge in [-0.05, 0) is 36.8 Å². The number of carbonyl (C=O) groups is 1.